The Bertz CT molecular complexity index is 525. The lowest BCUT2D eigenvalue weighted by molar-refractivity contribution is -0.137. The summed E-state index contributed by atoms with van der Waals surface area (Å²) in [6.45, 7) is 8.38. The van der Waals surface area contributed by atoms with Gasteiger partial charge in [-0.25, -0.2) is 0 Å². The van der Waals surface area contributed by atoms with Crippen molar-refractivity contribution in [2.75, 3.05) is 6.54 Å². The second-order valence-corrected chi connectivity index (χ2v) is 7.40. The van der Waals surface area contributed by atoms with Crippen LogP contribution in [0.1, 0.15) is 77.0 Å². The Hall–Kier alpha value is -1.63. The van der Waals surface area contributed by atoms with Crippen molar-refractivity contribution >= 4 is 5.97 Å². The molecular weight excluding hydrogens is 334 g/mol. The molecule has 1 aromatic carbocycles. The molecule has 5 N–H and O–H groups in total. The molecule has 0 aromatic heterocycles. The van der Waals surface area contributed by atoms with E-state index >= 15 is 0 Å². The van der Waals surface area contributed by atoms with Gasteiger partial charge in [0.1, 0.15) is 5.75 Å². The van der Waals surface area contributed by atoms with Gasteiger partial charge < -0.3 is 25.7 Å². The van der Waals surface area contributed by atoms with Crippen LogP contribution in [0, 0.1) is 0 Å². The third kappa shape index (κ3) is 11.8. The summed E-state index contributed by atoms with van der Waals surface area (Å²) in [5.41, 5.74) is 1.05. The van der Waals surface area contributed by atoms with Crippen LogP contribution >= 0.6 is 0 Å². The average molecular weight is 370 g/mol. The molecule has 0 fully saturated rings. The van der Waals surface area contributed by atoms with Crippen molar-refractivity contribution in [3.63, 3.8) is 0 Å². The van der Waals surface area contributed by atoms with E-state index in [9.17, 15) is 15.0 Å². The second kappa shape index (κ2) is 12.7. The summed E-state index contributed by atoms with van der Waals surface area (Å²) in [6, 6.07) is 4.76. The molecule has 1 atom stereocenters. The summed E-state index contributed by atoms with van der Waals surface area (Å²) in [5.74, 6) is -0.627. The molecule has 26 heavy (non-hydrogen) atoms. The number of aliphatic hydroxyl groups excluding tert-OH is 2. The van der Waals surface area contributed by atoms with E-state index in [0.717, 1.165) is 19.3 Å². The van der Waals surface area contributed by atoms with Crippen molar-refractivity contribution in [3.05, 3.63) is 29.3 Å². The average Bonchev–Trinajstić information content (AvgIpc) is 2.57. The number of aliphatic carboxylic acids is 1. The number of carboxylic acid groups (broad SMARTS) is 1. The first-order valence-electron chi connectivity index (χ1n) is 9.18. The fourth-order valence-electron chi connectivity index (χ4n) is 2.16. The zero-order chi connectivity index (χ0) is 20.2. The molecule has 0 amide bonds. The minimum Gasteiger partial charge on any atom is -0.508 e. The third-order valence-electron chi connectivity index (χ3n) is 3.73. The molecule has 0 spiro atoms. The van der Waals surface area contributed by atoms with Crippen molar-refractivity contribution in [2.24, 2.45) is 0 Å². The molecule has 0 unspecified atom stereocenters. The Labute approximate surface area is 156 Å². The van der Waals surface area contributed by atoms with E-state index in [-0.39, 0.29) is 17.9 Å². The lowest BCUT2D eigenvalue weighted by atomic mass is 10.0. The predicted molar refractivity (Wildman–Crippen MR) is 103 cm³/mol. The molecule has 0 saturated carbocycles. The van der Waals surface area contributed by atoms with E-state index in [1.54, 1.807) is 12.1 Å². The second-order valence-electron chi connectivity index (χ2n) is 7.40. The van der Waals surface area contributed by atoms with Crippen LogP contribution in [0.4, 0.5) is 0 Å². The summed E-state index contributed by atoms with van der Waals surface area (Å²) in [6.07, 6.45) is 3.90. The third-order valence-corrected chi connectivity index (χ3v) is 3.73. The minimum atomic E-state index is -0.675. The van der Waals surface area contributed by atoms with E-state index in [4.69, 9.17) is 10.2 Å². The number of nitrogens with one attached hydrogen (secondary N) is 1. The zero-order valence-electron chi connectivity index (χ0n) is 16.5. The van der Waals surface area contributed by atoms with Gasteiger partial charge in [-0.1, -0.05) is 32.3 Å². The SMILES string of the molecule is CC(C)(C)NC[C@H](O)c1ccc(O)c(CO)c1.CCCCCCC(=O)O. The van der Waals surface area contributed by atoms with E-state index in [0.29, 0.717) is 24.1 Å². The Morgan fingerprint density at radius 1 is 1.19 bits per heavy atom. The number of unbranched alkanes of at least 4 members (excludes halogenated alkanes) is 3. The highest BCUT2D eigenvalue weighted by Crippen LogP contribution is 2.22. The number of hydrogen-bond donors (Lipinski definition) is 5. The Morgan fingerprint density at radius 2 is 1.85 bits per heavy atom. The van der Waals surface area contributed by atoms with Crippen LogP contribution < -0.4 is 5.32 Å². The number of phenols is 1. The number of aromatic hydroxyl groups is 1. The quantitative estimate of drug-likeness (QED) is 0.427. The molecule has 0 aliphatic rings. The van der Waals surface area contributed by atoms with Crippen LogP contribution in [0.5, 0.6) is 5.75 Å². The van der Waals surface area contributed by atoms with Crippen molar-refractivity contribution in [3.8, 4) is 5.75 Å². The standard InChI is InChI=1S/C13H21NO3.C7H14O2/c1-13(2,3)14-7-12(17)9-4-5-11(16)10(6-9)8-15;1-2-3-4-5-6-7(8)9/h4-6,12,14-17H,7-8H2,1-3H3;2-6H2,1H3,(H,8,9)/t12-;/m0./s1. The number of aliphatic hydroxyl groups is 2. The monoisotopic (exact) mass is 369 g/mol. The van der Waals surface area contributed by atoms with Crippen molar-refractivity contribution in [1.82, 2.24) is 5.32 Å². The number of rotatable bonds is 9. The highest BCUT2D eigenvalue weighted by atomic mass is 16.4. The lowest BCUT2D eigenvalue weighted by Gasteiger charge is -2.23. The molecule has 1 rings (SSSR count). The smallest absolute Gasteiger partial charge is 0.303 e. The number of carbonyl (C=O) groups is 1. The van der Waals surface area contributed by atoms with Crippen molar-refractivity contribution in [1.29, 1.82) is 0 Å². The largest absolute Gasteiger partial charge is 0.508 e. The molecule has 150 valence electrons. The highest BCUT2D eigenvalue weighted by molar-refractivity contribution is 5.66. The van der Waals surface area contributed by atoms with E-state index in [2.05, 4.69) is 12.2 Å². The number of β-amino-alcohol motifs (C(OH)–C–C–N with tert-alkyl or cyclic N) is 1. The maximum absolute atomic E-state index is 9.97. The fraction of sp³-hybridized carbons (Fsp3) is 0.650. The van der Waals surface area contributed by atoms with Crippen molar-refractivity contribution < 1.29 is 25.2 Å². The Morgan fingerprint density at radius 3 is 2.35 bits per heavy atom. The van der Waals surface area contributed by atoms with Crippen LogP contribution in [-0.2, 0) is 11.4 Å². The molecule has 0 heterocycles. The maximum Gasteiger partial charge on any atom is 0.303 e. The lowest BCUT2D eigenvalue weighted by Crippen LogP contribution is -2.38. The topological polar surface area (TPSA) is 110 Å². The number of hydrogen-bond acceptors (Lipinski definition) is 5. The van der Waals surface area contributed by atoms with Crippen LogP contribution in [0.25, 0.3) is 0 Å². The normalized spacial score (nSPS) is 12.2. The molecular formula is C20H35NO5. The van der Waals surface area contributed by atoms with Crippen LogP contribution in [-0.4, -0.2) is 38.5 Å². The molecule has 6 heteroatoms. The highest BCUT2D eigenvalue weighted by Gasteiger charge is 2.14. The fourth-order valence-corrected chi connectivity index (χ4v) is 2.16. The molecule has 0 aliphatic heterocycles. The van der Waals surface area contributed by atoms with Crippen LogP contribution in [0.15, 0.2) is 18.2 Å². The Balaban J connectivity index is 0.000000590. The molecule has 0 radical (unpaired) electrons. The van der Waals surface area contributed by atoms with Crippen LogP contribution in [0.3, 0.4) is 0 Å². The van der Waals surface area contributed by atoms with Gasteiger partial charge in [0.2, 0.25) is 0 Å². The maximum atomic E-state index is 9.97. The van der Waals surface area contributed by atoms with Gasteiger partial charge in [0.25, 0.3) is 0 Å². The zero-order valence-corrected chi connectivity index (χ0v) is 16.5. The first-order chi connectivity index (χ1) is 12.1. The summed E-state index contributed by atoms with van der Waals surface area (Å²) < 4.78 is 0. The first kappa shape index (κ1) is 24.4. The van der Waals surface area contributed by atoms with Gasteiger partial charge in [-0.15, -0.1) is 0 Å². The van der Waals surface area contributed by atoms with Gasteiger partial charge >= 0.3 is 5.97 Å². The Kier molecular flexibility index (Phi) is 11.9. The molecule has 0 bridgehead atoms. The summed E-state index contributed by atoms with van der Waals surface area (Å²) in [7, 11) is 0. The minimum absolute atomic E-state index is 0.0484. The van der Waals surface area contributed by atoms with E-state index < -0.39 is 12.1 Å². The van der Waals surface area contributed by atoms with Crippen molar-refractivity contribution in [2.45, 2.75) is 78.0 Å². The van der Waals surface area contributed by atoms with Gasteiger partial charge in [-0.3, -0.25) is 4.79 Å². The first-order valence-corrected chi connectivity index (χ1v) is 9.18. The molecule has 0 saturated heterocycles. The van der Waals surface area contributed by atoms with E-state index in [1.807, 2.05) is 20.8 Å². The van der Waals surface area contributed by atoms with Gasteiger partial charge in [0.05, 0.1) is 12.7 Å². The summed E-state index contributed by atoms with van der Waals surface area (Å²) in [5, 5.41) is 39.8. The van der Waals surface area contributed by atoms with Gasteiger partial charge in [-0.2, -0.15) is 0 Å². The van der Waals surface area contributed by atoms with Crippen LogP contribution in [0.2, 0.25) is 0 Å². The van der Waals surface area contributed by atoms with Gasteiger partial charge in [0.15, 0.2) is 0 Å². The summed E-state index contributed by atoms with van der Waals surface area (Å²) in [4.78, 5) is 9.96. The van der Waals surface area contributed by atoms with Gasteiger partial charge in [0, 0.05) is 24.1 Å². The van der Waals surface area contributed by atoms with Gasteiger partial charge in [-0.05, 0) is 44.9 Å². The van der Waals surface area contributed by atoms with E-state index in [1.165, 1.54) is 12.5 Å². The number of benzene rings is 1. The summed E-state index contributed by atoms with van der Waals surface area (Å²) >= 11 is 0. The molecule has 6 nitrogen and oxygen atoms in total. The molecule has 0 aliphatic carbocycles. The molecule has 1 aromatic rings. The number of carboxylic acids is 1. The predicted octanol–water partition coefficient (Wildman–Crippen LogP) is 3.35.